The van der Waals surface area contributed by atoms with Gasteiger partial charge in [0.15, 0.2) is 6.29 Å². The van der Waals surface area contributed by atoms with Crippen molar-refractivity contribution in [3.8, 4) is 5.75 Å². The third-order valence-electron chi connectivity index (χ3n) is 1.67. The van der Waals surface area contributed by atoms with E-state index in [2.05, 4.69) is 0 Å². The molecule has 0 fully saturated rings. The summed E-state index contributed by atoms with van der Waals surface area (Å²) < 4.78 is 0. The van der Waals surface area contributed by atoms with Gasteiger partial charge in [0.25, 0.3) is 0 Å². The Bertz CT molecular complexity index is 295. The summed E-state index contributed by atoms with van der Waals surface area (Å²) in [5, 5.41) is 9.16. The molecule has 1 N–H and O–H groups in total. The minimum Gasteiger partial charge on any atom is -0.507 e. The molecule has 1 aromatic rings. The van der Waals surface area contributed by atoms with Crippen molar-refractivity contribution in [2.75, 3.05) is 0 Å². The van der Waals surface area contributed by atoms with E-state index < -0.39 is 0 Å². The van der Waals surface area contributed by atoms with E-state index in [-0.39, 0.29) is 11.3 Å². The molecule has 3 heteroatoms. The van der Waals surface area contributed by atoms with Crippen LogP contribution in [-0.2, 0) is 0 Å². The number of aromatic hydroxyl groups is 1. The van der Waals surface area contributed by atoms with Crippen LogP contribution in [-0.4, -0.2) is 17.7 Å². The number of carbonyl (C=O) groups is 2. The Balaban J connectivity index is 3.34. The van der Waals surface area contributed by atoms with E-state index in [1.807, 2.05) is 0 Å². The summed E-state index contributed by atoms with van der Waals surface area (Å²) in [4.78, 5) is 20.7. The van der Waals surface area contributed by atoms with Gasteiger partial charge in [0, 0.05) is 5.56 Å². The van der Waals surface area contributed by atoms with Gasteiger partial charge in [-0.1, -0.05) is 0 Å². The minimum atomic E-state index is -0.155. The minimum absolute atomic E-state index is 0.155. The van der Waals surface area contributed by atoms with E-state index in [1.54, 1.807) is 6.92 Å². The molecule has 1 rings (SSSR count). The lowest BCUT2D eigenvalue weighted by Gasteiger charge is -2.01. The molecule has 0 aromatic heterocycles. The van der Waals surface area contributed by atoms with E-state index in [4.69, 9.17) is 5.11 Å². The van der Waals surface area contributed by atoms with Crippen LogP contribution in [0.15, 0.2) is 12.1 Å². The number of aldehydes is 2. The molecular weight excluding hydrogens is 156 g/mol. The van der Waals surface area contributed by atoms with Gasteiger partial charge in [0.1, 0.15) is 12.0 Å². The molecular formula is C9H8O3. The maximum Gasteiger partial charge on any atom is 0.153 e. The Kier molecular flexibility index (Phi) is 2.24. The van der Waals surface area contributed by atoms with Gasteiger partial charge in [0.2, 0.25) is 0 Å². The summed E-state index contributed by atoms with van der Waals surface area (Å²) in [6.45, 7) is 1.70. The van der Waals surface area contributed by atoms with Gasteiger partial charge >= 0.3 is 0 Å². The number of carbonyl (C=O) groups excluding carboxylic acids is 2. The van der Waals surface area contributed by atoms with Crippen molar-refractivity contribution in [2.24, 2.45) is 0 Å². The first-order chi connectivity index (χ1) is 5.69. The van der Waals surface area contributed by atoms with E-state index in [0.29, 0.717) is 23.7 Å². The molecule has 0 aliphatic heterocycles. The molecule has 12 heavy (non-hydrogen) atoms. The molecule has 0 amide bonds. The third kappa shape index (κ3) is 1.34. The fourth-order valence-electron chi connectivity index (χ4n) is 0.956. The topological polar surface area (TPSA) is 54.4 Å². The molecule has 0 unspecified atom stereocenters. The van der Waals surface area contributed by atoms with Crippen LogP contribution in [0, 0.1) is 6.92 Å². The number of hydrogen-bond donors (Lipinski definition) is 1. The van der Waals surface area contributed by atoms with Crippen LogP contribution in [0.25, 0.3) is 0 Å². The fourth-order valence-corrected chi connectivity index (χ4v) is 0.956. The van der Waals surface area contributed by atoms with Crippen molar-refractivity contribution < 1.29 is 14.7 Å². The zero-order chi connectivity index (χ0) is 9.14. The molecule has 0 heterocycles. The smallest absolute Gasteiger partial charge is 0.153 e. The van der Waals surface area contributed by atoms with Crippen LogP contribution in [0.4, 0.5) is 0 Å². The molecule has 0 atom stereocenters. The van der Waals surface area contributed by atoms with Crippen LogP contribution in [0.3, 0.4) is 0 Å². The summed E-state index contributed by atoms with van der Waals surface area (Å²) in [5.74, 6) is -0.155. The first kappa shape index (κ1) is 8.46. The van der Waals surface area contributed by atoms with Crippen LogP contribution < -0.4 is 0 Å². The zero-order valence-corrected chi connectivity index (χ0v) is 6.57. The van der Waals surface area contributed by atoms with Gasteiger partial charge in [-0.25, -0.2) is 0 Å². The summed E-state index contributed by atoms with van der Waals surface area (Å²) in [6.07, 6.45) is 1.19. The van der Waals surface area contributed by atoms with Gasteiger partial charge in [-0.3, -0.25) is 9.59 Å². The molecule has 0 aliphatic rings. The average Bonchev–Trinajstić information content (AvgIpc) is 2.08. The lowest BCUT2D eigenvalue weighted by molar-refractivity contribution is 0.111. The monoisotopic (exact) mass is 164 g/mol. The second-order valence-corrected chi connectivity index (χ2v) is 2.50. The van der Waals surface area contributed by atoms with Crippen molar-refractivity contribution in [2.45, 2.75) is 6.92 Å². The van der Waals surface area contributed by atoms with Crippen LogP contribution in [0.2, 0.25) is 0 Å². The van der Waals surface area contributed by atoms with Gasteiger partial charge < -0.3 is 5.11 Å². The van der Waals surface area contributed by atoms with Gasteiger partial charge in [-0.05, 0) is 24.6 Å². The van der Waals surface area contributed by atoms with Crippen LogP contribution in [0.5, 0.6) is 5.75 Å². The molecule has 0 bridgehead atoms. The standard InChI is InChI=1S/C9H8O3/c1-6-2-8(5-11)9(12)3-7(6)4-10/h2-5,12H,1H3. The van der Waals surface area contributed by atoms with Crippen molar-refractivity contribution in [1.82, 2.24) is 0 Å². The number of hydrogen-bond acceptors (Lipinski definition) is 3. The number of rotatable bonds is 2. The van der Waals surface area contributed by atoms with Gasteiger partial charge in [-0.2, -0.15) is 0 Å². The lowest BCUT2D eigenvalue weighted by atomic mass is 10.1. The second kappa shape index (κ2) is 3.17. The van der Waals surface area contributed by atoms with E-state index in [1.165, 1.54) is 12.1 Å². The van der Waals surface area contributed by atoms with E-state index in [0.717, 1.165) is 0 Å². The lowest BCUT2D eigenvalue weighted by Crippen LogP contribution is -1.90. The predicted octanol–water partition coefficient (Wildman–Crippen LogP) is 1.33. The average molecular weight is 164 g/mol. The van der Waals surface area contributed by atoms with Crippen molar-refractivity contribution in [1.29, 1.82) is 0 Å². The van der Waals surface area contributed by atoms with Gasteiger partial charge in [0.05, 0.1) is 5.56 Å². The summed E-state index contributed by atoms with van der Waals surface area (Å²) in [5.41, 5.74) is 1.29. The van der Waals surface area contributed by atoms with Crippen LogP contribution in [0.1, 0.15) is 26.3 Å². The molecule has 0 saturated carbocycles. The van der Waals surface area contributed by atoms with E-state index >= 15 is 0 Å². The quantitative estimate of drug-likeness (QED) is 0.671. The molecule has 3 nitrogen and oxygen atoms in total. The molecule has 1 aromatic carbocycles. The molecule has 0 aliphatic carbocycles. The van der Waals surface area contributed by atoms with Crippen molar-refractivity contribution in [3.63, 3.8) is 0 Å². The molecule has 0 saturated heterocycles. The highest BCUT2D eigenvalue weighted by molar-refractivity contribution is 5.85. The summed E-state index contributed by atoms with van der Waals surface area (Å²) in [6, 6.07) is 2.76. The molecule has 0 spiro atoms. The summed E-state index contributed by atoms with van der Waals surface area (Å²) >= 11 is 0. The van der Waals surface area contributed by atoms with Crippen molar-refractivity contribution in [3.05, 3.63) is 28.8 Å². The molecule has 62 valence electrons. The summed E-state index contributed by atoms with van der Waals surface area (Å²) in [7, 11) is 0. The maximum atomic E-state index is 10.4. The van der Waals surface area contributed by atoms with E-state index in [9.17, 15) is 9.59 Å². The number of phenols is 1. The highest BCUT2D eigenvalue weighted by Gasteiger charge is 2.04. The maximum absolute atomic E-state index is 10.4. The Labute approximate surface area is 69.6 Å². The number of phenolic OH excluding ortho intramolecular Hbond substituents is 1. The third-order valence-corrected chi connectivity index (χ3v) is 1.67. The Morgan fingerprint density at radius 3 is 2.25 bits per heavy atom. The Morgan fingerprint density at radius 1 is 1.17 bits per heavy atom. The first-order valence-electron chi connectivity index (χ1n) is 3.43. The largest absolute Gasteiger partial charge is 0.507 e. The Morgan fingerprint density at radius 2 is 1.75 bits per heavy atom. The SMILES string of the molecule is Cc1cc(C=O)c(O)cc1C=O. The normalized spacial score (nSPS) is 9.42. The Hall–Kier alpha value is -1.64. The number of aryl methyl sites for hydroxylation is 1. The van der Waals surface area contributed by atoms with Gasteiger partial charge in [-0.15, -0.1) is 0 Å². The number of benzene rings is 1. The zero-order valence-electron chi connectivity index (χ0n) is 6.57. The van der Waals surface area contributed by atoms with Crippen LogP contribution >= 0.6 is 0 Å². The first-order valence-corrected chi connectivity index (χ1v) is 3.43. The second-order valence-electron chi connectivity index (χ2n) is 2.50. The molecule has 0 radical (unpaired) electrons. The predicted molar refractivity (Wildman–Crippen MR) is 43.6 cm³/mol. The highest BCUT2D eigenvalue weighted by atomic mass is 16.3. The van der Waals surface area contributed by atoms with Crippen molar-refractivity contribution >= 4 is 12.6 Å². The highest BCUT2D eigenvalue weighted by Crippen LogP contribution is 2.19. The fraction of sp³-hybridized carbons (Fsp3) is 0.111.